The Labute approximate surface area is 158 Å². The molecule has 5 heteroatoms. The molecule has 0 saturated carbocycles. The van der Waals surface area contributed by atoms with Crippen molar-refractivity contribution in [2.24, 2.45) is 10.9 Å². The van der Waals surface area contributed by atoms with E-state index in [4.69, 9.17) is 0 Å². The van der Waals surface area contributed by atoms with Crippen LogP contribution in [-0.4, -0.2) is 49.0 Å². The predicted molar refractivity (Wildman–Crippen MR) is 108 cm³/mol. The van der Waals surface area contributed by atoms with E-state index in [9.17, 15) is 4.79 Å². The van der Waals surface area contributed by atoms with Crippen LogP contribution in [0.15, 0.2) is 35.3 Å². The molecule has 2 N–H and O–H groups in total. The van der Waals surface area contributed by atoms with Gasteiger partial charge in [-0.05, 0) is 51.0 Å². The Bertz CT molecular complexity index is 565. The highest BCUT2D eigenvalue weighted by molar-refractivity contribution is 5.85. The van der Waals surface area contributed by atoms with Crippen LogP contribution < -0.4 is 10.6 Å². The zero-order valence-electron chi connectivity index (χ0n) is 16.5. The quantitative estimate of drug-likeness (QED) is 0.582. The lowest BCUT2D eigenvalue weighted by atomic mass is 9.90. The summed E-state index contributed by atoms with van der Waals surface area (Å²) < 4.78 is 0. The fourth-order valence-electron chi connectivity index (χ4n) is 3.24. The second kappa shape index (κ2) is 10.8. The van der Waals surface area contributed by atoms with Crippen LogP contribution >= 0.6 is 0 Å². The molecule has 1 saturated heterocycles. The van der Waals surface area contributed by atoms with Gasteiger partial charge in [0.15, 0.2) is 5.96 Å². The van der Waals surface area contributed by atoms with Crippen LogP contribution in [0.3, 0.4) is 0 Å². The highest BCUT2D eigenvalue weighted by Gasteiger charge is 2.22. The molecule has 0 radical (unpaired) electrons. The molecule has 1 unspecified atom stereocenters. The Kier molecular flexibility index (Phi) is 8.45. The minimum atomic E-state index is 0.129. The van der Waals surface area contributed by atoms with Crippen LogP contribution in [0.2, 0.25) is 0 Å². The SMILES string of the molecule is CCNC(=NCC(=O)N1CCC(Cc2ccccc2)CC1)NC(C)CC. The average Bonchev–Trinajstić information content (AvgIpc) is 2.67. The minimum Gasteiger partial charge on any atom is -0.357 e. The van der Waals surface area contributed by atoms with Crippen LogP contribution in [0.1, 0.15) is 45.6 Å². The van der Waals surface area contributed by atoms with Crippen molar-refractivity contribution in [3.8, 4) is 0 Å². The van der Waals surface area contributed by atoms with Crippen molar-refractivity contribution in [3.05, 3.63) is 35.9 Å². The first kappa shape index (κ1) is 20.3. The molecule has 1 fully saturated rings. The van der Waals surface area contributed by atoms with E-state index in [1.165, 1.54) is 5.56 Å². The van der Waals surface area contributed by atoms with Gasteiger partial charge in [-0.3, -0.25) is 4.79 Å². The predicted octanol–water partition coefficient (Wildman–Crippen LogP) is 2.82. The molecule has 5 nitrogen and oxygen atoms in total. The van der Waals surface area contributed by atoms with E-state index in [1.807, 2.05) is 11.8 Å². The second-order valence-corrected chi connectivity index (χ2v) is 7.16. The van der Waals surface area contributed by atoms with Crippen molar-refractivity contribution in [2.45, 2.75) is 52.5 Å². The number of piperidine rings is 1. The molecule has 1 aliphatic heterocycles. The van der Waals surface area contributed by atoms with Gasteiger partial charge in [0.1, 0.15) is 6.54 Å². The number of hydrogen-bond donors (Lipinski definition) is 2. The highest BCUT2D eigenvalue weighted by Crippen LogP contribution is 2.21. The molecule has 2 rings (SSSR count). The summed E-state index contributed by atoms with van der Waals surface area (Å²) in [6.07, 6.45) is 4.29. The van der Waals surface area contributed by atoms with E-state index in [0.29, 0.717) is 12.0 Å². The number of amides is 1. The molecular formula is C21H34N4O. The Hall–Kier alpha value is -2.04. The summed E-state index contributed by atoms with van der Waals surface area (Å²) in [4.78, 5) is 18.9. The fourth-order valence-corrected chi connectivity index (χ4v) is 3.24. The maximum atomic E-state index is 12.5. The Balaban J connectivity index is 1.78. The number of rotatable bonds is 7. The van der Waals surface area contributed by atoms with Crippen LogP contribution in [0.5, 0.6) is 0 Å². The summed E-state index contributed by atoms with van der Waals surface area (Å²) in [5.74, 6) is 1.54. The van der Waals surface area contributed by atoms with Gasteiger partial charge in [-0.15, -0.1) is 0 Å². The Morgan fingerprint density at radius 2 is 1.92 bits per heavy atom. The summed E-state index contributed by atoms with van der Waals surface area (Å²) in [6, 6.07) is 11.0. The standard InChI is InChI=1S/C21H34N4O/c1-4-17(3)24-21(22-5-2)23-16-20(26)25-13-11-19(12-14-25)15-18-9-7-6-8-10-18/h6-10,17,19H,4-5,11-16H2,1-3H3,(H2,22,23,24). The van der Waals surface area contributed by atoms with E-state index >= 15 is 0 Å². The van der Waals surface area contributed by atoms with Crippen molar-refractivity contribution < 1.29 is 4.79 Å². The van der Waals surface area contributed by atoms with Crippen molar-refractivity contribution in [2.75, 3.05) is 26.2 Å². The topological polar surface area (TPSA) is 56.7 Å². The van der Waals surface area contributed by atoms with E-state index in [1.54, 1.807) is 0 Å². The van der Waals surface area contributed by atoms with E-state index in [2.05, 4.69) is 59.8 Å². The largest absolute Gasteiger partial charge is 0.357 e. The second-order valence-electron chi connectivity index (χ2n) is 7.16. The maximum Gasteiger partial charge on any atom is 0.244 e. The third-order valence-electron chi connectivity index (χ3n) is 5.05. The van der Waals surface area contributed by atoms with Gasteiger partial charge in [-0.1, -0.05) is 37.3 Å². The first-order valence-electron chi connectivity index (χ1n) is 9.98. The monoisotopic (exact) mass is 358 g/mol. The zero-order chi connectivity index (χ0) is 18.8. The summed E-state index contributed by atoms with van der Waals surface area (Å²) >= 11 is 0. The fraction of sp³-hybridized carbons (Fsp3) is 0.619. The van der Waals surface area contributed by atoms with Gasteiger partial charge >= 0.3 is 0 Å². The van der Waals surface area contributed by atoms with Crippen molar-refractivity contribution in [1.82, 2.24) is 15.5 Å². The number of carbonyl (C=O) groups is 1. The molecule has 0 aromatic heterocycles. The van der Waals surface area contributed by atoms with Gasteiger partial charge in [0.05, 0.1) is 0 Å². The molecule has 1 aromatic carbocycles. The van der Waals surface area contributed by atoms with E-state index < -0.39 is 0 Å². The van der Waals surface area contributed by atoms with Crippen LogP contribution in [-0.2, 0) is 11.2 Å². The molecule has 0 aliphatic carbocycles. The lowest BCUT2D eigenvalue weighted by molar-refractivity contribution is -0.130. The molecule has 26 heavy (non-hydrogen) atoms. The lowest BCUT2D eigenvalue weighted by Gasteiger charge is -2.32. The smallest absolute Gasteiger partial charge is 0.244 e. The molecule has 1 amide bonds. The number of hydrogen-bond acceptors (Lipinski definition) is 2. The normalized spacial score (nSPS) is 17.0. The average molecular weight is 359 g/mol. The van der Waals surface area contributed by atoms with Crippen molar-refractivity contribution >= 4 is 11.9 Å². The molecule has 1 heterocycles. The molecule has 1 atom stereocenters. The maximum absolute atomic E-state index is 12.5. The lowest BCUT2D eigenvalue weighted by Crippen LogP contribution is -2.44. The van der Waals surface area contributed by atoms with E-state index in [-0.39, 0.29) is 12.5 Å². The molecule has 144 valence electrons. The van der Waals surface area contributed by atoms with Crippen LogP contribution in [0.4, 0.5) is 0 Å². The highest BCUT2D eigenvalue weighted by atomic mass is 16.2. The number of aliphatic imine (C=N–C) groups is 1. The number of nitrogens with zero attached hydrogens (tertiary/aromatic N) is 2. The first-order valence-corrected chi connectivity index (χ1v) is 9.98. The minimum absolute atomic E-state index is 0.129. The van der Waals surface area contributed by atoms with Crippen LogP contribution in [0.25, 0.3) is 0 Å². The third-order valence-corrected chi connectivity index (χ3v) is 5.05. The third kappa shape index (κ3) is 6.70. The molecule has 0 spiro atoms. The molecule has 0 bridgehead atoms. The molecule has 1 aliphatic rings. The number of nitrogens with one attached hydrogen (secondary N) is 2. The number of guanidine groups is 1. The summed E-state index contributed by atoms with van der Waals surface area (Å²) in [6.45, 7) is 8.99. The summed E-state index contributed by atoms with van der Waals surface area (Å²) in [5.41, 5.74) is 1.40. The Morgan fingerprint density at radius 3 is 2.54 bits per heavy atom. The molecule has 1 aromatic rings. The van der Waals surface area contributed by atoms with Gasteiger partial charge in [0.2, 0.25) is 5.91 Å². The number of carbonyl (C=O) groups excluding carboxylic acids is 1. The first-order chi connectivity index (χ1) is 12.6. The number of likely N-dealkylation sites (tertiary alicyclic amines) is 1. The van der Waals surface area contributed by atoms with Crippen LogP contribution in [0, 0.1) is 5.92 Å². The van der Waals surface area contributed by atoms with E-state index in [0.717, 1.165) is 51.3 Å². The zero-order valence-corrected chi connectivity index (χ0v) is 16.5. The Morgan fingerprint density at radius 1 is 1.23 bits per heavy atom. The molecular weight excluding hydrogens is 324 g/mol. The van der Waals surface area contributed by atoms with Gasteiger partial charge < -0.3 is 15.5 Å². The summed E-state index contributed by atoms with van der Waals surface area (Å²) in [5, 5.41) is 6.54. The van der Waals surface area contributed by atoms with Gasteiger partial charge in [0, 0.05) is 25.7 Å². The number of benzene rings is 1. The van der Waals surface area contributed by atoms with Gasteiger partial charge in [-0.25, -0.2) is 4.99 Å². The van der Waals surface area contributed by atoms with Gasteiger partial charge in [-0.2, -0.15) is 0 Å². The van der Waals surface area contributed by atoms with Gasteiger partial charge in [0.25, 0.3) is 0 Å². The van der Waals surface area contributed by atoms with Crippen molar-refractivity contribution in [1.29, 1.82) is 0 Å². The van der Waals surface area contributed by atoms with Crippen molar-refractivity contribution in [3.63, 3.8) is 0 Å². The summed E-state index contributed by atoms with van der Waals surface area (Å²) in [7, 11) is 0.